The smallest absolute Gasteiger partial charge is 0.275 e. The van der Waals surface area contributed by atoms with E-state index in [-0.39, 0.29) is 5.69 Å². The third-order valence-electron chi connectivity index (χ3n) is 3.53. The van der Waals surface area contributed by atoms with Crippen LogP contribution in [0.1, 0.15) is 12.8 Å². The number of halogens is 2. The van der Waals surface area contributed by atoms with Gasteiger partial charge in [-0.15, -0.1) is 0 Å². The molecular weight excluding hydrogens is 268 g/mol. The predicted molar refractivity (Wildman–Crippen MR) is 71.7 cm³/mol. The molecule has 1 heterocycles. The van der Waals surface area contributed by atoms with Crippen LogP contribution in [-0.2, 0) is 0 Å². The van der Waals surface area contributed by atoms with Gasteiger partial charge in [0.15, 0.2) is 11.6 Å². The van der Waals surface area contributed by atoms with Gasteiger partial charge in [0.2, 0.25) is 0 Å². The molecule has 1 saturated heterocycles. The maximum absolute atomic E-state index is 13.7. The minimum absolute atomic E-state index is 0.288. The number of nitrogens with one attached hydrogen (secondary N) is 1. The number of benzene rings is 1. The lowest BCUT2D eigenvalue weighted by atomic mass is 9.98. The Kier molecular flexibility index (Phi) is 4.49. The molecule has 20 heavy (non-hydrogen) atoms. The number of likely N-dealkylation sites (tertiary alicyclic amines) is 1. The molecule has 110 valence electrons. The van der Waals surface area contributed by atoms with Crippen LogP contribution in [0.2, 0.25) is 0 Å². The molecule has 1 aromatic rings. The van der Waals surface area contributed by atoms with Gasteiger partial charge in [-0.05, 0) is 32.4 Å². The molecule has 1 fully saturated rings. The first kappa shape index (κ1) is 14.6. The molecule has 1 aliphatic heterocycles. The molecule has 1 unspecified atom stereocenters. The van der Waals surface area contributed by atoms with Gasteiger partial charge in [0.05, 0.1) is 17.1 Å². The largest absolute Gasteiger partial charge is 0.380 e. The summed E-state index contributed by atoms with van der Waals surface area (Å²) < 4.78 is 27.4. The second kappa shape index (κ2) is 6.13. The highest BCUT2D eigenvalue weighted by atomic mass is 19.1. The van der Waals surface area contributed by atoms with Crippen LogP contribution in [0.15, 0.2) is 12.1 Å². The Morgan fingerprint density at radius 1 is 1.45 bits per heavy atom. The van der Waals surface area contributed by atoms with E-state index in [1.54, 1.807) is 0 Å². The van der Waals surface area contributed by atoms with Gasteiger partial charge in [-0.25, -0.2) is 8.78 Å². The summed E-state index contributed by atoms with van der Waals surface area (Å²) >= 11 is 0. The van der Waals surface area contributed by atoms with E-state index in [1.807, 2.05) is 7.05 Å². The fourth-order valence-corrected chi connectivity index (χ4v) is 2.52. The Labute approximate surface area is 115 Å². The number of hydrogen-bond donors (Lipinski definition) is 1. The first-order valence-corrected chi connectivity index (χ1v) is 6.53. The van der Waals surface area contributed by atoms with E-state index >= 15 is 0 Å². The van der Waals surface area contributed by atoms with Crippen molar-refractivity contribution in [3.8, 4) is 0 Å². The molecule has 0 bridgehead atoms. The van der Waals surface area contributed by atoms with Gasteiger partial charge in [0.25, 0.3) is 5.69 Å². The lowest BCUT2D eigenvalue weighted by molar-refractivity contribution is -0.385. The van der Waals surface area contributed by atoms with Crippen LogP contribution in [0.5, 0.6) is 0 Å². The third-order valence-corrected chi connectivity index (χ3v) is 3.53. The van der Waals surface area contributed by atoms with Crippen LogP contribution in [0.25, 0.3) is 0 Å². The fraction of sp³-hybridized carbons (Fsp3) is 0.538. The second-order valence-electron chi connectivity index (χ2n) is 5.19. The summed E-state index contributed by atoms with van der Waals surface area (Å²) in [6.45, 7) is 2.37. The lowest BCUT2D eigenvalue weighted by Crippen LogP contribution is -2.35. The highest BCUT2D eigenvalue weighted by molar-refractivity contribution is 5.51. The molecule has 0 spiro atoms. The Hall–Kier alpha value is -1.76. The molecule has 1 aromatic carbocycles. The van der Waals surface area contributed by atoms with Crippen molar-refractivity contribution < 1.29 is 13.7 Å². The number of non-ortho nitro benzene ring substituents is 1. The molecule has 1 aliphatic rings. The van der Waals surface area contributed by atoms with E-state index in [9.17, 15) is 18.9 Å². The van der Waals surface area contributed by atoms with Crippen LogP contribution in [0, 0.1) is 27.7 Å². The van der Waals surface area contributed by atoms with Gasteiger partial charge in [0.1, 0.15) is 5.69 Å². The number of nitro groups is 1. The van der Waals surface area contributed by atoms with Crippen LogP contribution in [-0.4, -0.2) is 36.5 Å². The van der Waals surface area contributed by atoms with Gasteiger partial charge in [-0.2, -0.15) is 0 Å². The molecule has 0 aromatic heterocycles. The molecule has 0 radical (unpaired) electrons. The number of hydrogen-bond acceptors (Lipinski definition) is 4. The Morgan fingerprint density at radius 3 is 2.65 bits per heavy atom. The van der Waals surface area contributed by atoms with E-state index in [1.165, 1.54) is 0 Å². The summed E-state index contributed by atoms with van der Waals surface area (Å²) in [5.41, 5.74) is -0.869. The SMILES string of the molecule is CN1CCCC(CNc2c(F)cc([N+](=O)[O-])cc2F)C1. The fourth-order valence-electron chi connectivity index (χ4n) is 2.52. The Morgan fingerprint density at radius 2 is 2.10 bits per heavy atom. The maximum Gasteiger partial charge on any atom is 0.275 e. The number of nitrogens with zero attached hydrogens (tertiary/aromatic N) is 2. The van der Waals surface area contributed by atoms with Crippen molar-refractivity contribution >= 4 is 11.4 Å². The summed E-state index contributed by atoms with van der Waals surface area (Å²) in [7, 11) is 2.01. The van der Waals surface area contributed by atoms with Crippen LogP contribution >= 0.6 is 0 Å². The summed E-state index contributed by atoms with van der Waals surface area (Å²) in [6, 6.07) is 1.47. The molecular formula is C13H17F2N3O2. The number of nitro benzene ring substituents is 1. The minimum atomic E-state index is -0.930. The Bertz CT molecular complexity index is 487. The first-order valence-electron chi connectivity index (χ1n) is 6.53. The van der Waals surface area contributed by atoms with Crippen LogP contribution < -0.4 is 5.32 Å². The average Bonchev–Trinajstić information content (AvgIpc) is 2.37. The molecule has 1 atom stereocenters. The summed E-state index contributed by atoms with van der Waals surface area (Å²) in [4.78, 5) is 11.9. The van der Waals surface area contributed by atoms with Crippen LogP contribution in [0.4, 0.5) is 20.2 Å². The van der Waals surface area contributed by atoms with E-state index in [2.05, 4.69) is 10.2 Å². The summed E-state index contributed by atoms with van der Waals surface area (Å²) in [6.07, 6.45) is 2.07. The van der Waals surface area contributed by atoms with Crippen molar-refractivity contribution in [1.82, 2.24) is 4.90 Å². The van der Waals surface area contributed by atoms with E-state index in [4.69, 9.17) is 0 Å². The zero-order chi connectivity index (χ0) is 14.7. The molecule has 0 saturated carbocycles. The quantitative estimate of drug-likeness (QED) is 0.682. The molecule has 0 aliphatic carbocycles. The minimum Gasteiger partial charge on any atom is -0.380 e. The van der Waals surface area contributed by atoms with Crippen molar-refractivity contribution in [2.24, 2.45) is 5.92 Å². The third kappa shape index (κ3) is 3.41. The van der Waals surface area contributed by atoms with E-state index < -0.39 is 22.2 Å². The molecule has 2 rings (SSSR count). The predicted octanol–water partition coefficient (Wildman–Crippen LogP) is 2.63. The second-order valence-corrected chi connectivity index (χ2v) is 5.19. The van der Waals surface area contributed by atoms with E-state index in [0.29, 0.717) is 12.5 Å². The van der Waals surface area contributed by atoms with Gasteiger partial charge in [0, 0.05) is 13.1 Å². The first-order chi connectivity index (χ1) is 9.47. The summed E-state index contributed by atoms with van der Waals surface area (Å²) in [5.74, 6) is -1.54. The lowest BCUT2D eigenvalue weighted by Gasteiger charge is -2.30. The number of anilines is 1. The van der Waals surface area contributed by atoms with Crippen molar-refractivity contribution in [2.45, 2.75) is 12.8 Å². The van der Waals surface area contributed by atoms with Crippen molar-refractivity contribution in [3.05, 3.63) is 33.9 Å². The number of piperidine rings is 1. The van der Waals surface area contributed by atoms with Gasteiger partial charge in [-0.3, -0.25) is 10.1 Å². The molecule has 0 amide bonds. The Balaban J connectivity index is 2.04. The standard InChI is InChI=1S/C13H17F2N3O2/c1-17-4-2-3-9(8-17)7-16-13-11(14)5-10(18(19)20)6-12(13)15/h5-6,9,16H,2-4,7-8H2,1H3. The monoisotopic (exact) mass is 285 g/mol. The zero-order valence-electron chi connectivity index (χ0n) is 11.2. The van der Waals surface area contributed by atoms with Gasteiger partial charge >= 0.3 is 0 Å². The summed E-state index contributed by atoms with van der Waals surface area (Å²) in [5, 5.41) is 13.2. The maximum atomic E-state index is 13.7. The van der Waals surface area contributed by atoms with Crippen LogP contribution in [0.3, 0.4) is 0 Å². The zero-order valence-corrected chi connectivity index (χ0v) is 11.2. The van der Waals surface area contributed by atoms with Gasteiger partial charge in [-0.1, -0.05) is 0 Å². The van der Waals surface area contributed by atoms with Gasteiger partial charge < -0.3 is 10.2 Å². The van der Waals surface area contributed by atoms with Crippen molar-refractivity contribution in [1.29, 1.82) is 0 Å². The highest BCUT2D eigenvalue weighted by Gasteiger charge is 2.20. The topological polar surface area (TPSA) is 58.4 Å². The normalized spacial score (nSPS) is 19.9. The van der Waals surface area contributed by atoms with E-state index in [0.717, 1.165) is 38.1 Å². The highest BCUT2D eigenvalue weighted by Crippen LogP contribution is 2.25. The molecule has 1 N–H and O–H groups in total. The van der Waals surface area contributed by atoms with Crippen molar-refractivity contribution in [3.63, 3.8) is 0 Å². The van der Waals surface area contributed by atoms with Crippen molar-refractivity contribution in [2.75, 3.05) is 32.0 Å². The molecule has 5 nitrogen and oxygen atoms in total. The molecule has 7 heteroatoms. The number of rotatable bonds is 4. The average molecular weight is 285 g/mol.